The first-order chi connectivity index (χ1) is 11.7. The smallest absolute Gasteiger partial charge is 0.153 e. The molecule has 3 heteroatoms. The maximum atomic E-state index is 10.7. The van der Waals surface area contributed by atoms with Crippen molar-refractivity contribution in [2.75, 3.05) is 14.2 Å². The number of carbonyl (C=O) groups is 1. The number of benzene rings is 2. The van der Waals surface area contributed by atoms with Gasteiger partial charge in [-0.05, 0) is 85.0 Å². The van der Waals surface area contributed by atoms with E-state index in [0.29, 0.717) is 11.3 Å². The fourth-order valence-electron chi connectivity index (χ4n) is 3.56. The van der Waals surface area contributed by atoms with E-state index in [9.17, 15) is 4.79 Å². The molecule has 0 radical (unpaired) electrons. The van der Waals surface area contributed by atoms with Crippen molar-refractivity contribution in [3.05, 3.63) is 58.1 Å². The third kappa shape index (κ3) is 3.45. The number of carbonyl (C=O) groups excluding carboxylic acids is 1. The summed E-state index contributed by atoms with van der Waals surface area (Å²) in [6.45, 7) is 0. The molecule has 0 spiro atoms. The standard InChI is InChI=1S/C11H12O2.C10H12O/c1-13-11-6-9-4-2-3-8(9)5-10(11)7-12;1-11-10-6-5-8-3-2-4-9(8)7-10/h5-7H,2-4H2,1H3;5-7H,2-4H2,1H3. The molecule has 2 aliphatic rings. The van der Waals surface area contributed by atoms with Gasteiger partial charge >= 0.3 is 0 Å². The Morgan fingerprint density at radius 2 is 1.42 bits per heavy atom. The highest BCUT2D eigenvalue weighted by Gasteiger charge is 2.14. The Morgan fingerprint density at radius 3 is 2.04 bits per heavy atom. The summed E-state index contributed by atoms with van der Waals surface area (Å²) >= 11 is 0. The summed E-state index contributed by atoms with van der Waals surface area (Å²) in [7, 11) is 3.32. The first-order valence-corrected chi connectivity index (χ1v) is 8.56. The topological polar surface area (TPSA) is 35.5 Å². The predicted octanol–water partition coefficient (Wildman–Crippen LogP) is 4.18. The monoisotopic (exact) mass is 324 g/mol. The van der Waals surface area contributed by atoms with Gasteiger partial charge in [-0.15, -0.1) is 0 Å². The van der Waals surface area contributed by atoms with Crippen LogP contribution in [0, 0.1) is 0 Å². The summed E-state index contributed by atoms with van der Waals surface area (Å²) in [6, 6.07) is 10.3. The summed E-state index contributed by atoms with van der Waals surface area (Å²) in [5.41, 5.74) is 6.30. The van der Waals surface area contributed by atoms with Crippen molar-refractivity contribution in [3.63, 3.8) is 0 Å². The van der Waals surface area contributed by atoms with Crippen LogP contribution in [0.15, 0.2) is 30.3 Å². The second-order valence-electron chi connectivity index (χ2n) is 6.32. The third-order valence-corrected chi connectivity index (χ3v) is 4.88. The lowest BCUT2D eigenvalue weighted by Gasteiger charge is -2.06. The quantitative estimate of drug-likeness (QED) is 0.795. The van der Waals surface area contributed by atoms with Crippen LogP contribution in [-0.4, -0.2) is 20.5 Å². The maximum Gasteiger partial charge on any atom is 0.153 e. The Balaban J connectivity index is 0.000000143. The average molecular weight is 324 g/mol. The minimum atomic E-state index is 0.670. The van der Waals surface area contributed by atoms with Crippen molar-refractivity contribution in [1.29, 1.82) is 0 Å². The second kappa shape index (κ2) is 7.52. The highest BCUT2D eigenvalue weighted by Crippen LogP contribution is 2.28. The fraction of sp³-hybridized carbons (Fsp3) is 0.381. The highest BCUT2D eigenvalue weighted by atomic mass is 16.5. The molecule has 24 heavy (non-hydrogen) atoms. The Bertz CT molecular complexity index is 734. The average Bonchev–Trinajstić information content (AvgIpc) is 3.28. The molecule has 0 heterocycles. The lowest BCUT2D eigenvalue weighted by Crippen LogP contribution is -1.93. The summed E-state index contributed by atoms with van der Waals surface area (Å²) < 4.78 is 10.3. The summed E-state index contributed by atoms with van der Waals surface area (Å²) in [6.07, 6.45) is 8.05. The van der Waals surface area contributed by atoms with Crippen LogP contribution in [0.4, 0.5) is 0 Å². The van der Waals surface area contributed by atoms with Crippen LogP contribution in [0.1, 0.15) is 45.5 Å². The number of fused-ring (bicyclic) bond motifs is 2. The summed E-state index contributed by atoms with van der Waals surface area (Å²) in [5, 5.41) is 0. The van der Waals surface area contributed by atoms with E-state index in [-0.39, 0.29) is 0 Å². The molecule has 0 fully saturated rings. The molecule has 0 aliphatic heterocycles. The molecule has 0 amide bonds. The van der Waals surface area contributed by atoms with Crippen molar-refractivity contribution < 1.29 is 14.3 Å². The van der Waals surface area contributed by atoms with Crippen molar-refractivity contribution in [2.45, 2.75) is 38.5 Å². The minimum Gasteiger partial charge on any atom is -0.497 e. The van der Waals surface area contributed by atoms with Crippen LogP contribution >= 0.6 is 0 Å². The fourth-order valence-corrected chi connectivity index (χ4v) is 3.56. The Hall–Kier alpha value is -2.29. The molecule has 126 valence electrons. The van der Waals surface area contributed by atoms with Gasteiger partial charge in [-0.3, -0.25) is 4.79 Å². The molecule has 0 N–H and O–H groups in total. The Morgan fingerprint density at radius 1 is 0.792 bits per heavy atom. The van der Waals surface area contributed by atoms with Crippen LogP contribution in [0.2, 0.25) is 0 Å². The van der Waals surface area contributed by atoms with E-state index in [1.165, 1.54) is 47.9 Å². The predicted molar refractivity (Wildman–Crippen MR) is 95.4 cm³/mol. The molecule has 0 atom stereocenters. The van der Waals surface area contributed by atoms with Crippen LogP contribution in [0.5, 0.6) is 11.5 Å². The van der Waals surface area contributed by atoms with Crippen LogP contribution < -0.4 is 9.47 Å². The maximum absolute atomic E-state index is 10.7. The van der Waals surface area contributed by atoms with Crippen molar-refractivity contribution in [2.24, 2.45) is 0 Å². The molecule has 0 unspecified atom stereocenters. The van der Waals surface area contributed by atoms with E-state index in [2.05, 4.69) is 12.1 Å². The van der Waals surface area contributed by atoms with Crippen molar-refractivity contribution in [1.82, 2.24) is 0 Å². The van der Waals surface area contributed by atoms with Gasteiger partial charge in [0.05, 0.1) is 19.8 Å². The minimum absolute atomic E-state index is 0.670. The van der Waals surface area contributed by atoms with E-state index in [1.54, 1.807) is 14.2 Å². The molecule has 0 bridgehead atoms. The van der Waals surface area contributed by atoms with E-state index in [4.69, 9.17) is 9.47 Å². The zero-order valence-electron chi connectivity index (χ0n) is 14.4. The third-order valence-electron chi connectivity index (χ3n) is 4.88. The van der Waals surface area contributed by atoms with Gasteiger partial charge in [-0.1, -0.05) is 6.07 Å². The van der Waals surface area contributed by atoms with Gasteiger partial charge in [0.15, 0.2) is 6.29 Å². The lowest BCUT2D eigenvalue weighted by atomic mass is 10.1. The first kappa shape index (κ1) is 16.6. The number of rotatable bonds is 3. The number of methoxy groups -OCH3 is 2. The van der Waals surface area contributed by atoms with Crippen LogP contribution in [0.25, 0.3) is 0 Å². The molecule has 2 aromatic rings. The number of hydrogen-bond acceptors (Lipinski definition) is 3. The zero-order chi connectivity index (χ0) is 16.9. The molecule has 0 aromatic heterocycles. The summed E-state index contributed by atoms with van der Waals surface area (Å²) in [5.74, 6) is 1.70. The number of hydrogen-bond donors (Lipinski definition) is 0. The van der Waals surface area contributed by atoms with E-state index < -0.39 is 0 Å². The van der Waals surface area contributed by atoms with Gasteiger partial charge in [0.2, 0.25) is 0 Å². The molecule has 0 saturated carbocycles. The van der Waals surface area contributed by atoms with Gasteiger partial charge in [0.25, 0.3) is 0 Å². The van der Waals surface area contributed by atoms with Crippen molar-refractivity contribution in [3.8, 4) is 11.5 Å². The SMILES string of the molecule is COc1cc2c(cc1C=O)CCC2.COc1ccc2c(c1)CCC2. The Kier molecular flexibility index (Phi) is 5.19. The molecule has 4 rings (SSSR count). The van der Waals surface area contributed by atoms with Gasteiger partial charge < -0.3 is 9.47 Å². The lowest BCUT2D eigenvalue weighted by molar-refractivity contribution is 0.112. The molecule has 0 saturated heterocycles. The number of aldehydes is 1. The first-order valence-electron chi connectivity index (χ1n) is 8.56. The van der Waals surface area contributed by atoms with Gasteiger partial charge in [-0.2, -0.15) is 0 Å². The van der Waals surface area contributed by atoms with Gasteiger partial charge in [0, 0.05) is 0 Å². The second-order valence-corrected chi connectivity index (χ2v) is 6.32. The normalized spacial score (nSPS) is 14.2. The largest absolute Gasteiger partial charge is 0.497 e. The van der Waals surface area contributed by atoms with E-state index in [0.717, 1.165) is 24.9 Å². The van der Waals surface area contributed by atoms with Crippen LogP contribution in [0.3, 0.4) is 0 Å². The zero-order valence-corrected chi connectivity index (χ0v) is 14.4. The molecule has 3 nitrogen and oxygen atoms in total. The van der Waals surface area contributed by atoms with Gasteiger partial charge in [0.1, 0.15) is 11.5 Å². The van der Waals surface area contributed by atoms with E-state index in [1.807, 2.05) is 18.2 Å². The molecule has 2 aromatic carbocycles. The molecular formula is C21H24O3. The van der Waals surface area contributed by atoms with E-state index >= 15 is 0 Å². The summed E-state index contributed by atoms with van der Waals surface area (Å²) in [4.78, 5) is 10.7. The van der Waals surface area contributed by atoms with Gasteiger partial charge in [-0.25, -0.2) is 0 Å². The molecular weight excluding hydrogens is 300 g/mol. The number of ether oxygens (including phenoxy) is 2. The molecule has 2 aliphatic carbocycles. The highest BCUT2D eigenvalue weighted by molar-refractivity contribution is 5.80. The van der Waals surface area contributed by atoms with Crippen molar-refractivity contribution >= 4 is 6.29 Å². The number of aryl methyl sites for hydroxylation is 4. The van der Waals surface area contributed by atoms with Crippen LogP contribution in [-0.2, 0) is 25.7 Å². The Labute approximate surface area is 143 Å².